The second-order valence-corrected chi connectivity index (χ2v) is 7.88. The number of aromatic nitrogens is 3. The van der Waals surface area contributed by atoms with E-state index in [4.69, 9.17) is 16.7 Å². The summed E-state index contributed by atoms with van der Waals surface area (Å²) in [5.74, 6) is -1.51. The lowest BCUT2D eigenvalue weighted by atomic mass is 10.0. The zero-order valence-electron chi connectivity index (χ0n) is 19.7. The molecule has 2 aromatic carbocycles. The van der Waals surface area contributed by atoms with Gasteiger partial charge in [-0.05, 0) is 42.0 Å². The van der Waals surface area contributed by atoms with Gasteiger partial charge in [0.1, 0.15) is 11.4 Å². The first kappa shape index (κ1) is 28.6. The molecule has 0 aliphatic rings. The summed E-state index contributed by atoms with van der Waals surface area (Å²) >= 11 is 6.21. The van der Waals surface area contributed by atoms with Crippen LogP contribution in [0.3, 0.4) is 0 Å². The summed E-state index contributed by atoms with van der Waals surface area (Å²) in [6.07, 6.45) is -8.79. The van der Waals surface area contributed by atoms with Crippen molar-refractivity contribution < 1.29 is 36.2 Å². The zero-order chi connectivity index (χ0) is 28.3. The van der Waals surface area contributed by atoms with E-state index in [1.807, 2.05) is 13.8 Å². The second kappa shape index (κ2) is 11.2. The standard InChI is InChI=1S/C24H12ClF6N3O2.C2H6/c25-17-9-14(22(35)36)4-6-16(17)12-2-1-3-13(8-12)21-33-18(10-20(34-21)24(29,30)31)15-5-7-19(32-11-15)23(26,27)28;1-2/h1-11H,(H,35,36);1-2H3. The fourth-order valence-corrected chi connectivity index (χ4v) is 3.58. The van der Waals surface area contributed by atoms with Gasteiger partial charge in [-0.15, -0.1) is 0 Å². The predicted molar refractivity (Wildman–Crippen MR) is 129 cm³/mol. The molecule has 0 saturated heterocycles. The van der Waals surface area contributed by atoms with Crippen molar-refractivity contribution >= 4 is 17.6 Å². The molecule has 4 rings (SSSR count). The van der Waals surface area contributed by atoms with Crippen LogP contribution < -0.4 is 0 Å². The van der Waals surface area contributed by atoms with Gasteiger partial charge in [0.15, 0.2) is 5.82 Å². The summed E-state index contributed by atoms with van der Waals surface area (Å²) in [5.41, 5.74) is -1.85. The van der Waals surface area contributed by atoms with Crippen LogP contribution in [0.15, 0.2) is 66.9 Å². The molecule has 0 saturated carbocycles. The number of aromatic carboxylic acids is 1. The van der Waals surface area contributed by atoms with E-state index in [9.17, 15) is 31.1 Å². The Morgan fingerprint density at radius 3 is 2.00 bits per heavy atom. The number of hydrogen-bond donors (Lipinski definition) is 1. The Balaban J connectivity index is 0.00000195. The van der Waals surface area contributed by atoms with Gasteiger partial charge in [0, 0.05) is 27.9 Å². The largest absolute Gasteiger partial charge is 0.478 e. The van der Waals surface area contributed by atoms with Crippen LogP contribution >= 0.6 is 11.6 Å². The van der Waals surface area contributed by atoms with E-state index < -0.39 is 29.7 Å². The van der Waals surface area contributed by atoms with E-state index in [-0.39, 0.29) is 33.2 Å². The van der Waals surface area contributed by atoms with E-state index in [2.05, 4.69) is 15.0 Å². The number of carboxylic acid groups (broad SMARTS) is 1. The number of hydrogen-bond acceptors (Lipinski definition) is 4. The van der Waals surface area contributed by atoms with E-state index in [0.717, 1.165) is 12.3 Å². The summed E-state index contributed by atoms with van der Waals surface area (Å²) in [5, 5.41) is 9.21. The molecule has 0 spiro atoms. The van der Waals surface area contributed by atoms with Crippen LogP contribution in [0.2, 0.25) is 5.02 Å². The summed E-state index contributed by atoms with van der Waals surface area (Å²) in [6.45, 7) is 4.00. The number of nitrogens with zero attached hydrogens (tertiary/aromatic N) is 3. The molecule has 1 N–H and O–H groups in total. The van der Waals surface area contributed by atoms with E-state index in [1.54, 1.807) is 6.07 Å². The number of pyridine rings is 1. The second-order valence-electron chi connectivity index (χ2n) is 7.47. The highest BCUT2D eigenvalue weighted by molar-refractivity contribution is 6.33. The van der Waals surface area contributed by atoms with Crippen molar-refractivity contribution in [2.45, 2.75) is 26.2 Å². The Hall–Kier alpha value is -3.99. The van der Waals surface area contributed by atoms with Crippen molar-refractivity contribution in [3.63, 3.8) is 0 Å². The van der Waals surface area contributed by atoms with Crippen LogP contribution in [0.4, 0.5) is 26.3 Å². The highest BCUT2D eigenvalue weighted by Gasteiger charge is 2.35. The lowest BCUT2D eigenvalue weighted by Crippen LogP contribution is -2.11. The SMILES string of the molecule is CC.O=C(O)c1ccc(-c2cccc(-c3nc(-c4ccc(C(F)(F)F)nc4)cc(C(F)(F)F)n3)c2)c(Cl)c1. The van der Waals surface area contributed by atoms with E-state index in [0.29, 0.717) is 23.3 Å². The number of alkyl halides is 6. The van der Waals surface area contributed by atoms with Crippen LogP contribution in [0.25, 0.3) is 33.8 Å². The Morgan fingerprint density at radius 1 is 0.789 bits per heavy atom. The average molecular weight is 554 g/mol. The maximum absolute atomic E-state index is 13.6. The Kier molecular flexibility index (Phi) is 8.41. The molecule has 12 heteroatoms. The minimum Gasteiger partial charge on any atom is -0.478 e. The van der Waals surface area contributed by atoms with Crippen molar-refractivity contribution in [3.8, 4) is 33.8 Å². The number of carbonyl (C=O) groups is 1. The first-order chi connectivity index (χ1) is 17.8. The third kappa shape index (κ3) is 6.46. The topological polar surface area (TPSA) is 76.0 Å². The van der Waals surface area contributed by atoms with Gasteiger partial charge >= 0.3 is 18.3 Å². The predicted octanol–water partition coefficient (Wildman–Crippen LogP) is 8.29. The number of benzene rings is 2. The highest BCUT2D eigenvalue weighted by atomic mass is 35.5. The monoisotopic (exact) mass is 553 g/mol. The molecule has 2 heterocycles. The maximum atomic E-state index is 13.6. The third-order valence-corrected chi connectivity index (χ3v) is 5.33. The fourth-order valence-electron chi connectivity index (χ4n) is 3.29. The van der Waals surface area contributed by atoms with Gasteiger partial charge in [0.25, 0.3) is 0 Å². The fraction of sp³-hybridized carbons (Fsp3) is 0.154. The highest BCUT2D eigenvalue weighted by Crippen LogP contribution is 2.35. The van der Waals surface area contributed by atoms with Gasteiger partial charge in [0.2, 0.25) is 0 Å². The van der Waals surface area contributed by atoms with Crippen molar-refractivity contribution in [1.82, 2.24) is 15.0 Å². The molecule has 2 aromatic heterocycles. The minimum absolute atomic E-state index is 0.0455. The molecular weight excluding hydrogens is 536 g/mol. The molecule has 0 bridgehead atoms. The first-order valence-corrected chi connectivity index (χ1v) is 11.3. The Bertz CT molecular complexity index is 1460. The van der Waals surface area contributed by atoms with E-state index >= 15 is 0 Å². The van der Waals surface area contributed by atoms with Gasteiger partial charge in [-0.25, -0.2) is 14.8 Å². The molecule has 38 heavy (non-hydrogen) atoms. The normalized spacial score (nSPS) is 11.5. The molecule has 4 aromatic rings. The van der Waals surface area contributed by atoms with Gasteiger partial charge in [-0.2, -0.15) is 26.3 Å². The molecule has 0 unspecified atom stereocenters. The molecule has 0 aliphatic carbocycles. The van der Waals surface area contributed by atoms with Crippen molar-refractivity contribution in [2.75, 3.05) is 0 Å². The lowest BCUT2D eigenvalue weighted by molar-refractivity contribution is -0.141. The van der Waals surface area contributed by atoms with Gasteiger partial charge in [0.05, 0.1) is 11.3 Å². The van der Waals surface area contributed by atoms with Crippen molar-refractivity contribution in [1.29, 1.82) is 0 Å². The molecule has 0 fully saturated rings. The number of halogens is 7. The quantitative estimate of drug-likeness (QED) is 0.257. The molecule has 5 nitrogen and oxygen atoms in total. The molecule has 0 aliphatic heterocycles. The number of carboxylic acids is 1. The summed E-state index contributed by atoms with van der Waals surface area (Å²) in [7, 11) is 0. The summed E-state index contributed by atoms with van der Waals surface area (Å²) in [4.78, 5) is 22.2. The number of rotatable bonds is 4. The minimum atomic E-state index is -4.86. The van der Waals surface area contributed by atoms with Crippen LogP contribution in [-0.4, -0.2) is 26.0 Å². The van der Waals surface area contributed by atoms with Crippen LogP contribution in [0.5, 0.6) is 0 Å². The van der Waals surface area contributed by atoms with Crippen LogP contribution in [0.1, 0.15) is 35.6 Å². The molecular formula is C26H18ClF6N3O2. The lowest BCUT2D eigenvalue weighted by Gasteiger charge is -2.12. The van der Waals surface area contributed by atoms with Gasteiger partial charge < -0.3 is 5.11 Å². The van der Waals surface area contributed by atoms with Crippen LogP contribution in [-0.2, 0) is 12.4 Å². The van der Waals surface area contributed by atoms with Gasteiger partial charge in [-0.1, -0.05) is 49.7 Å². The maximum Gasteiger partial charge on any atom is 0.433 e. The Labute approximate surface area is 217 Å². The molecule has 0 amide bonds. The average Bonchev–Trinajstić information content (AvgIpc) is 2.88. The molecule has 0 atom stereocenters. The Morgan fingerprint density at radius 2 is 1.45 bits per heavy atom. The first-order valence-electron chi connectivity index (χ1n) is 11.0. The summed E-state index contributed by atoms with van der Waals surface area (Å²) < 4.78 is 79.2. The molecule has 0 radical (unpaired) electrons. The van der Waals surface area contributed by atoms with Gasteiger partial charge in [-0.3, -0.25) is 4.98 Å². The van der Waals surface area contributed by atoms with Crippen LogP contribution in [0, 0.1) is 0 Å². The van der Waals surface area contributed by atoms with Crippen molar-refractivity contribution in [2.24, 2.45) is 0 Å². The summed E-state index contributed by atoms with van der Waals surface area (Å²) in [6, 6.07) is 12.3. The molecule has 198 valence electrons. The van der Waals surface area contributed by atoms with Crippen molar-refractivity contribution in [3.05, 3.63) is 88.8 Å². The van der Waals surface area contributed by atoms with E-state index in [1.165, 1.54) is 36.4 Å². The zero-order valence-corrected chi connectivity index (χ0v) is 20.4. The third-order valence-electron chi connectivity index (χ3n) is 5.01. The smallest absolute Gasteiger partial charge is 0.433 e.